The van der Waals surface area contributed by atoms with Gasteiger partial charge in [0.15, 0.2) is 0 Å². The van der Waals surface area contributed by atoms with E-state index in [-0.39, 0.29) is 17.4 Å². The average molecular weight is 508 g/mol. The number of benzene rings is 3. The number of anilines is 1. The first-order chi connectivity index (χ1) is 17.4. The standard InChI is InChI=1S/C28H31ClFN5O/c1-3-26(34(15-7-14-31)18-20-10-13-24(30)19(2)16-20)27-32-25-17-21(29)11-12-23(25)28(36)35(27)33-22-8-5-4-6-9-22/h4-6,8-13,16-17,26,33H,3,7,14-15,18,31H2,1-2H3/t26-/m1/s1. The highest BCUT2D eigenvalue weighted by Crippen LogP contribution is 2.27. The molecule has 0 spiro atoms. The number of para-hydroxylation sites is 1. The van der Waals surface area contributed by atoms with Crippen LogP contribution < -0.4 is 16.7 Å². The summed E-state index contributed by atoms with van der Waals surface area (Å²) in [4.78, 5) is 20.9. The molecule has 0 radical (unpaired) electrons. The molecule has 8 heteroatoms. The third-order valence-electron chi connectivity index (χ3n) is 6.26. The fourth-order valence-electron chi connectivity index (χ4n) is 4.43. The number of nitrogens with zero attached hydrogens (tertiary/aromatic N) is 3. The smallest absolute Gasteiger partial charge is 0.280 e. The minimum Gasteiger partial charge on any atom is -0.330 e. The van der Waals surface area contributed by atoms with Gasteiger partial charge in [-0.05, 0) is 73.8 Å². The lowest BCUT2D eigenvalue weighted by atomic mass is 10.1. The summed E-state index contributed by atoms with van der Waals surface area (Å²) < 4.78 is 15.4. The lowest BCUT2D eigenvalue weighted by Gasteiger charge is -2.32. The Morgan fingerprint density at radius 3 is 2.61 bits per heavy atom. The van der Waals surface area contributed by atoms with E-state index < -0.39 is 0 Å². The maximum Gasteiger partial charge on any atom is 0.280 e. The van der Waals surface area contributed by atoms with Gasteiger partial charge < -0.3 is 5.73 Å². The molecule has 1 aromatic heterocycles. The van der Waals surface area contributed by atoms with Crippen molar-refractivity contribution >= 4 is 28.2 Å². The van der Waals surface area contributed by atoms with Crippen LogP contribution in [0.3, 0.4) is 0 Å². The maximum atomic E-state index is 13.9. The fraction of sp³-hybridized carbons (Fsp3) is 0.286. The van der Waals surface area contributed by atoms with Crippen LogP contribution in [0.1, 0.15) is 42.8 Å². The molecular formula is C28H31ClFN5O. The van der Waals surface area contributed by atoms with Gasteiger partial charge in [0.25, 0.3) is 5.56 Å². The SMILES string of the molecule is CC[C@H](c1nc2cc(Cl)ccc2c(=O)n1Nc1ccccc1)N(CCCN)Cc1ccc(F)c(C)c1. The molecule has 0 aliphatic carbocycles. The maximum absolute atomic E-state index is 13.9. The number of aryl methyl sites for hydroxylation is 1. The molecule has 36 heavy (non-hydrogen) atoms. The minimum atomic E-state index is -0.228. The van der Waals surface area contributed by atoms with Crippen LogP contribution in [-0.2, 0) is 6.54 Å². The second-order valence-electron chi connectivity index (χ2n) is 8.87. The summed E-state index contributed by atoms with van der Waals surface area (Å²) in [5.74, 6) is 0.352. The van der Waals surface area contributed by atoms with E-state index in [4.69, 9.17) is 22.3 Å². The zero-order valence-corrected chi connectivity index (χ0v) is 21.3. The van der Waals surface area contributed by atoms with Crippen LogP contribution in [0.25, 0.3) is 10.9 Å². The van der Waals surface area contributed by atoms with Crippen molar-refractivity contribution in [2.24, 2.45) is 5.73 Å². The second kappa shape index (κ2) is 11.6. The molecule has 0 aliphatic heterocycles. The number of halogens is 2. The molecule has 1 heterocycles. The van der Waals surface area contributed by atoms with E-state index in [0.717, 1.165) is 17.7 Å². The molecule has 0 saturated carbocycles. The van der Waals surface area contributed by atoms with Crippen molar-refractivity contribution in [3.05, 3.63) is 105 Å². The molecule has 188 valence electrons. The van der Waals surface area contributed by atoms with Crippen LogP contribution in [0, 0.1) is 12.7 Å². The Labute approximate surface area is 215 Å². The lowest BCUT2D eigenvalue weighted by molar-refractivity contribution is 0.171. The topological polar surface area (TPSA) is 76.2 Å². The third kappa shape index (κ3) is 5.75. The van der Waals surface area contributed by atoms with Crippen molar-refractivity contribution in [3.63, 3.8) is 0 Å². The molecule has 0 bridgehead atoms. The van der Waals surface area contributed by atoms with Crippen molar-refractivity contribution in [2.45, 2.75) is 39.3 Å². The predicted molar refractivity (Wildman–Crippen MR) is 145 cm³/mol. The van der Waals surface area contributed by atoms with E-state index in [0.29, 0.717) is 53.4 Å². The molecule has 0 saturated heterocycles. The Kier molecular flexibility index (Phi) is 8.36. The highest BCUT2D eigenvalue weighted by molar-refractivity contribution is 6.31. The van der Waals surface area contributed by atoms with Gasteiger partial charge in [-0.3, -0.25) is 15.1 Å². The van der Waals surface area contributed by atoms with Gasteiger partial charge in [-0.15, -0.1) is 0 Å². The summed E-state index contributed by atoms with van der Waals surface area (Å²) in [5, 5.41) is 0.994. The van der Waals surface area contributed by atoms with Gasteiger partial charge in [-0.25, -0.2) is 14.1 Å². The summed E-state index contributed by atoms with van der Waals surface area (Å²) >= 11 is 6.25. The first-order valence-corrected chi connectivity index (χ1v) is 12.5. The summed E-state index contributed by atoms with van der Waals surface area (Å²) in [6.45, 7) is 5.62. The molecule has 6 nitrogen and oxygen atoms in total. The predicted octanol–water partition coefficient (Wildman–Crippen LogP) is 5.67. The molecule has 3 N–H and O–H groups in total. The lowest BCUT2D eigenvalue weighted by Crippen LogP contribution is -2.38. The molecular weight excluding hydrogens is 477 g/mol. The van der Waals surface area contributed by atoms with E-state index in [1.54, 1.807) is 31.2 Å². The van der Waals surface area contributed by atoms with Crippen molar-refractivity contribution in [3.8, 4) is 0 Å². The number of fused-ring (bicyclic) bond motifs is 1. The number of hydrogen-bond acceptors (Lipinski definition) is 5. The van der Waals surface area contributed by atoms with Gasteiger partial charge in [0, 0.05) is 18.1 Å². The Morgan fingerprint density at radius 2 is 1.92 bits per heavy atom. The van der Waals surface area contributed by atoms with Crippen molar-refractivity contribution in [1.82, 2.24) is 14.6 Å². The van der Waals surface area contributed by atoms with Crippen LogP contribution in [0.4, 0.5) is 10.1 Å². The number of aromatic nitrogens is 2. The monoisotopic (exact) mass is 507 g/mol. The molecule has 3 aromatic carbocycles. The van der Waals surface area contributed by atoms with Gasteiger partial charge >= 0.3 is 0 Å². The normalized spacial score (nSPS) is 12.3. The van der Waals surface area contributed by atoms with Gasteiger partial charge in [-0.2, -0.15) is 0 Å². The highest BCUT2D eigenvalue weighted by atomic mass is 35.5. The molecule has 4 rings (SSSR count). The Balaban J connectivity index is 1.84. The van der Waals surface area contributed by atoms with Crippen LogP contribution in [-0.4, -0.2) is 27.6 Å². The Hall–Kier alpha value is -3.26. The zero-order chi connectivity index (χ0) is 25.7. The zero-order valence-electron chi connectivity index (χ0n) is 20.5. The van der Waals surface area contributed by atoms with Crippen LogP contribution in [0.15, 0.2) is 71.5 Å². The van der Waals surface area contributed by atoms with Crippen LogP contribution in [0.5, 0.6) is 0 Å². The Morgan fingerprint density at radius 1 is 1.14 bits per heavy atom. The molecule has 0 unspecified atom stereocenters. The molecule has 0 amide bonds. The van der Waals surface area contributed by atoms with Gasteiger partial charge in [0.05, 0.1) is 22.6 Å². The molecule has 0 aliphatic rings. The fourth-order valence-corrected chi connectivity index (χ4v) is 4.60. The summed E-state index contributed by atoms with van der Waals surface area (Å²) in [7, 11) is 0. The average Bonchev–Trinajstić information content (AvgIpc) is 2.87. The van der Waals surface area contributed by atoms with E-state index in [1.165, 1.54) is 10.7 Å². The number of rotatable bonds is 10. The van der Waals surface area contributed by atoms with E-state index >= 15 is 0 Å². The summed E-state index contributed by atoms with van der Waals surface area (Å²) in [6, 6.07) is 19.6. The van der Waals surface area contributed by atoms with Gasteiger partial charge in [0.1, 0.15) is 11.6 Å². The molecule has 1 atom stereocenters. The van der Waals surface area contributed by atoms with Crippen LogP contribution >= 0.6 is 11.6 Å². The second-order valence-corrected chi connectivity index (χ2v) is 9.31. The van der Waals surface area contributed by atoms with E-state index in [2.05, 4.69) is 17.2 Å². The van der Waals surface area contributed by atoms with E-state index in [9.17, 15) is 9.18 Å². The Bertz CT molecular complexity index is 1390. The quantitative estimate of drug-likeness (QED) is 0.289. The molecule has 0 fully saturated rings. The minimum absolute atomic E-state index is 0.203. The van der Waals surface area contributed by atoms with Crippen LogP contribution in [0.2, 0.25) is 5.02 Å². The van der Waals surface area contributed by atoms with Gasteiger partial charge in [-0.1, -0.05) is 48.9 Å². The third-order valence-corrected chi connectivity index (χ3v) is 6.49. The molecule has 4 aromatic rings. The van der Waals surface area contributed by atoms with Gasteiger partial charge in [0.2, 0.25) is 0 Å². The summed E-state index contributed by atoms with van der Waals surface area (Å²) in [5.41, 5.74) is 11.8. The van der Waals surface area contributed by atoms with Crippen molar-refractivity contribution < 1.29 is 4.39 Å². The first-order valence-electron chi connectivity index (χ1n) is 12.1. The van der Waals surface area contributed by atoms with E-state index in [1.807, 2.05) is 36.4 Å². The highest BCUT2D eigenvalue weighted by Gasteiger charge is 2.25. The number of nitrogens with one attached hydrogen (secondary N) is 1. The van der Waals surface area contributed by atoms with Crippen molar-refractivity contribution in [2.75, 3.05) is 18.5 Å². The first kappa shape index (κ1) is 25.8. The van der Waals surface area contributed by atoms with Crippen molar-refractivity contribution in [1.29, 1.82) is 0 Å². The number of nitrogens with two attached hydrogens (primary N) is 1. The number of hydrogen-bond donors (Lipinski definition) is 2. The summed E-state index contributed by atoms with van der Waals surface area (Å²) in [6.07, 6.45) is 1.46. The largest absolute Gasteiger partial charge is 0.330 e.